The number of hydrogen-bond donors (Lipinski definition) is 1. The van der Waals surface area contributed by atoms with E-state index >= 15 is 0 Å². The number of unbranched alkanes of at least 4 members (excludes halogenated alkanes) is 8. The number of rotatable bonds is 19. The summed E-state index contributed by atoms with van der Waals surface area (Å²) in [6, 6.07) is 0. The van der Waals surface area contributed by atoms with E-state index < -0.39 is 0 Å². The van der Waals surface area contributed by atoms with Gasteiger partial charge in [-0.15, -0.1) is 0 Å². The molecule has 0 aromatic rings. The van der Waals surface area contributed by atoms with E-state index in [0.717, 1.165) is 45.3 Å². The molecular weight excluding hydrogens is 300 g/mol. The minimum Gasteiger partial charge on any atom is -0.396 e. The van der Waals surface area contributed by atoms with E-state index in [0.29, 0.717) is 0 Å². The summed E-state index contributed by atoms with van der Waals surface area (Å²) in [5, 5.41) is 8.68. The largest absolute Gasteiger partial charge is 0.396 e. The summed E-state index contributed by atoms with van der Waals surface area (Å²) in [6.07, 6.45) is 19.6. The molecule has 0 radical (unpaired) electrons. The zero-order chi connectivity index (χ0) is 17.7. The van der Waals surface area contributed by atoms with Crippen LogP contribution in [0.4, 0.5) is 0 Å². The van der Waals surface area contributed by atoms with Crippen molar-refractivity contribution in [2.75, 3.05) is 19.8 Å². The van der Waals surface area contributed by atoms with Crippen LogP contribution in [0.15, 0.2) is 12.2 Å². The summed E-state index contributed by atoms with van der Waals surface area (Å²) in [4.78, 5) is 0. The van der Waals surface area contributed by atoms with E-state index in [2.05, 4.69) is 26.0 Å². The average molecular weight is 343 g/mol. The van der Waals surface area contributed by atoms with Gasteiger partial charge in [0, 0.05) is 19.8 Å². The summed E-state index contributed by atoms with van der Waals surface area (Å²) in [5.74, 6) is 0. The molecule has 0 unspecified atom stereocenters. The van der Waals surface area contributed by atoms with Crippen molar-refractivity contribution in [3.05, 3.63) is 12.2 Å². The van der Waals surface area contributed by atoms with Gasteiger partial charge in [-0.1, -0.05) is 64.5 Å². The molecule has 24 heavy (non-hydrogen) atoms. The van der Waals surface area contributed by atoms with Crippen LogP contribution in [0.25, 0.3) is 0 Å². The van der Waals surface area contributed by atoms with Gasteiger partial charge < -0.3 is 14.6 Å². The smallest absolute Gasteiger partial charge is 0.157 e. The van der Waals surface area contributed by atoms with E-state index in [-0.39, 0.29) is 12.9 Å². The maximum absolute atomic E-state index is 8.68. The van der Waals surface area contributed by atoms with E-state index in [4.69, 9.17) is 14.6 Å². The molecule has 0 amide bonds. The van der Waals surface area contributed by atoms with Gasteiger partial charge in [0.25, 0.3) is 0 Å². The fraction of sp³-hybridized carbons (Fsp3) is 0.905. The molecule has 0 atom stereocenters. The Morgan fingerprint density at radius 3 is 1.83 bits per heavy atom. The molecule has 0 aliphatic carbocycles. The SMILES string of the molecule is CCCCOC(CCCCCCCC/C=C\CCO)OCCCC. The first-order valence-electron chi connectivity index (χ1n) is 10.3. The van der Waals surface area contributed by atoms with E-state index in [1.54, 1.807) is 0 Å². The Morgan fingerprint density at radius 2 is 1.25 bits per heavy atom. The third-order valence-electron chi connectivity index (χ3n) is 4.13. The quantitative estimate of drug-likeness (QED) is 0.178. The van der Waals surface area contributed by atoms with Crippen LogP contribution in [0.2, 0.25) is 0 Å². The maximum Gasteiger partial charge on any atom is 0.157 e. The Kier molecular flexibility index (Phi) is 20.3. The lowest BCUT2D eigenvalue weighted by molar-refractivity contribution is -0.147. The first kappa shape index (κ1) is 23.6. The number of allylic oxidation sites excluding steroid dienone is 1. The van der Waals surface area contributed by atoms with Crippen molar-refractivity contribution >= 4 is 0 Å². The molecule has 0 aromatic heterocycles. The zero-order valence-corrected chi connectivity index (χ0v) is 16.3. The molecule has 0 aromatic carbocycles. The molecule has 0 heterocycles. The number of aliphatic hydroxyl groups excluding tert-OH is 1. The fourth-order valence-corrected chi connectivity index (χ4v) is 2.52. The van der Waals surface area contributed by atoms with Gasteiger partial charge in [-0.2, -0.15) is 0 Å². The van der Waals surface area contributed by atoms with Gasteiger partial charge in [0.2, 0.25) is 0 Å². The van der Waals surface area contributed by atoms with Crippen LogP contribution in [-0.2, 0) is 9.47 Å². The summed E-state index contributed by atoms with van der Waals surface area (Å²) in [5.41, 5.74) is 0. The van der Waals surface area contributed by atoms with Crippen molar-refractivity contribution in [1.82, 2.24) is 0 Å². The van der Waals surface area contributed by atoms with Crippen molar-refractivity contribution in [2.45, 2.75) is 104 Å². The second-order valence-corrected chi connectivity index (χ2v) is 6.56. The molecule has 0 saturated carbocycles. The normalized spacial score (nSPS) is 11.8. The second-order valence-electron chi connectivity index (χ2n) is 6.56. The van der Waals surface area contributed by atoms with Crippen molar-refractivity contribution in [3.8, 4) is 0 Å². The molecule has 3 nitrogen and oxygen atoms in total. The van der Waals surface area contributed by atoms with Crippen molar-refractivity contribution in [2.24, 2.45) is 0 Å². The van der Waals surface area contributed by atoms with Gasteiger partial charge in [-0.05, 0) is 44.9 Å². The molecule has 0 saturated heterocycles. The molecule has 0 spiro atoms. The van der Waals surface area contributed by atoms with E-state index in [9.17, 15) is 0 Å². The summed E-state index contributed by atoms with van der Waals surface area (Å²) in [6.45, 7) is 6.31. The van der Waals surface area contributed by atoms with Gasteiger partial charge in [-0.3, -0.25) is 0 Å². The highest BCUT2D eigenvalue weighted by molar-refractivity contribution is 4.80. The molecule has 3 heteroatoms. The average Bonchev–Trinajstić information content (AvgIpc) is 2.59. The molecule has 1 N–H and O–H groups in total. The summed E-state index contributed by atoms with van der Waals surface area (Å²) in [7, 11) is 0. The topological polar surface area (TPSA) is 38.7 Å². The lowest BCUT2D eigenvalue weighted by Gasteiger charge is -2.18. The molecule has 0 aliphatic rings. The van der Waals surface area contributed by atoms with Crippen LogP contribution in [-0.4, -0.2) is 31.2 Å². The molecule has 0 rings (SSSR count). The Morgan fingerprint density at radius 1 is 0.708 bits per heavy atom. The Bertz CT molecular complexity index is 243. The minimum atomic E-state index is 0.0137. The highest BCUT2D eigenvalue weighted by atomic mass is 16.7. The van der Waals surface area contributed by atoms with Crippen LogP contribution in [0, 0.1) is 0 Å². The fourth-order valence-electron chi connectivity index (χ4n) is 2.52. The van der Waals surface area contributed by atoms with Crippen molar-refractivity contribution < 1.29 is 14.6 Å². The number of hydrogen-bond acceptors (Lipinski definition) is 3. The Hall–Kier alpha value is -0.380. The van der Waals surface area contributed by atoms with E-state index in [1.165, 1.54) is 51.4 Å². The predicted molar refractivity (Wildman–Crippen MR) is 103 cm³/mol. The monoisotopic (exact) mass is 342 g/mol. The van der Waals surface area contributed by atoms with Gasteiger partial charge >= 0.3 is 0 Å². The van der Waals surface area contributed by atoms with Crippen LogP contribution in [0.1, 0.15) is 97.3 Å². The van der Waals surface area contributed by atoms with Gasteiger partial charge in [0.05, 0.1) is 0 Å². The summed E-state index contributed by atoms with van der Waals surface area (Å²) < 4.78 is 11.7. The van der Waals surface area contributed by atoms with Crippen LogP contribution >= 0.6 is 0 Å². The van der Waals surface area contributed by atoms with Crippen molar-refractivity contribution in [1.29, 1.82) is 0 Å². The number of ether oxygens (including phenoxy) is 2. The third-order valence-corrected chi connectivity index (χ3v) is 4.13. The van der Waals surface area contributed by atoms with Gasteiger partial charge in [-0.25, -0.2) is 0 Å². The van der Waals surface area contributed by atoms with Crippen LogP contribution < -0.4 is 0 Å². The molecule has 144 valence electrons. The van der Waals surface area contributed by atoms with Crippen LogP contribution in [0.5, 0.6) is 0 Å². The van der Waals surface area contributed by atoms with Crippen LogP contribution in [0.3, 0.4) is 0 Å². The molecule has 0 bridgehead atoms. The molecule has 0 aliphatic heterocycles. The lowest BCUT2D eigenvalue weighted by Crippen LogP contribution is -2.18. The first-order valence-corrected chi connectivity index (χ1v) is 10.3. The minimum absolute atomic E-state index is 0.0137. The maximum atomic E-state index is 8.68. The predicted octanol–water partition coefficient (Wildman–Crippen LogP) is 6.01. The first-order chi connectivity index (χ1) is 11.8. The molecular formula is C21H42O3. The highest BCUT2D eigenvalue weighted by Gasteiger charge is 2.08. The van der Waals surface area contributed by atoms with Gasteiger partial charge in [0.15, 0.2) is 6.29 Å². The standard InChI is InChI=1S/C21H42O3/c1-3-5-19-23-21(24-20-6-4-2)17-15-13-11-9-7-8-10-12-14-16-18-22/h12,14,21-22H,3-11,13,15-20H2,1-2H3/b14-12-. The number of aliphatic hydroxyl groups is 1. The summed E-state index contributed by atoms with van der Waals surface area (Å²) >= 11 is 0. The third kappa shape index (κ3) is 18.0. The van der Waals surface area contributed by atoms with E-state index in [1.807, 2.05) is 0 Å². The Balaban J connectivity index is 3.52. The van der Waals surface area contributed by atoms with Crippen molar-refractivity contribution in [3.63, 3.8) is 0 Å². The Labute approximate surface area is 150 Å². The molecule has 0 fully saturated rings. The zero-order valence-electron chi connectivity index (χ0n) is 16.3. The lowest BCUT2D eigenvalue weighted by atomic mass is 10.1. The second kappa shape index (κ2) is 20.7. The van der Waals surface area contributed by atoms with Gasteiger partial charge in [0.1, 0.15) is 0 Å². The highest BCUT2D eigenvalue weighted by Crippen LogP contribution is 2.13.